The van der Waals surface area contributed by atoms with Crippen LogP contribution in [-0.4, -0.2) is 29.9 Å². The predicted octanol–water partition coefficient (Wildman–Crippen LogP) is 4.12. The van der Waals surface area contributed by atoms with E-state index in [1.54, 1.807) is 18.3 Å². The molecule has 2 aliphatic rings. The SMILES string of the molecule is Cc1cc(C(=O)N(Cc2ccsc2)C2CC23CCNCC3)c(F)cc1F. The quantitative estimate of drug-likeness (QED) is 0.871. The molecule has 2 fully saturated rings. The van der Waals surface area contributed by atoms with Crippen molar-refractivity contribution in [3.63, 3.8) is 0 Å². The van der Waals surface area contributed by atoms with Crippen LogP contribution in [0.25, 0.3) is 0 Å². The lowest BCUT2D eigenvalue weighted by Crippen LogP contribution is -2.39. The van der Waals surface area contributed by atoms with Crippen molar-refractivity contribution in [2.24, 2.45) is 5.41 Å². The molecule has 1 spiro atoms. The summed E-state index contributed by atoms with van der Waals surface area (Å²) in [7, 11) is 0. The first-order valence-corrected chi connectivity index (χ1v) is 9.93. The second-order valence-electron chi connectivity index (χ2n) is 7.48. The first-order valence-electron chi connectivity index (χ1n) is 8.99. The highest BCUT2D eigenvalue weighted by Gasteiger charge is 2.57. The van der Waals surface area contributed by atoms with Gasteiger partial charge in [-0.1, -0.05) is 0 Å². The summed E-state index contributed by atoms with van der Waals surface area (Å²) in [5.74, 6) is -1.74. The average molecular weight is 376 g/mol. The highest BCUT2D eigenvalue weighted by atomic mass is 32.1. The molecule has 138 valence electrons. The van der Waals surface area contributed by atoms with Gasteiger partial charge in [0.05, 0.1) is 5.56 Å². The highest BCUT2D eigenvalue weighted by Crippen LogP contribution is 2.56. The Balaban J connectivity index is 1.65. The lowest BCUT2D eigenvalue weighted by atomic mass is 9.93. The molecule has 1 aliphatic heterocycles. The van der Waals surface area contributed by atoms with Gasteiger partial charge in [0, 0.05) is 18.7 Å². The van der Waals surface area contributed by atoms with Gasteiger partial charge in [-0.15, -0.1) is 0 Å². The number of thiophene rings is 1. The van der Waals surface area contributed by atoms with E-state index in [9.17, 15) is 13.6 Å². The fraction of sp³-hybridized carbons (Fsp3) is 0.450. The minimum atomic E-state index is -0.784. The Morgan fingerprint density at radius 1 is 1.31 bits per heavy atom. The van der Waals surface area contributed by atoms with Gasteiger partial charge >= 0.3 is 0 Å². The second kappa shape index (κ2) is 6.74. The standard InChI is InChI=1S/C20H22F2N2OS/c1-13-8-15(17(22)9-16(13)21)19(25)24(11-14-2-7-26-12-14)18-10-20(18)3-5-23-6-4-20/h2,7-9,12,18,23H,3-6,10-11H2,1H3. The van der Waals surface area contributed by atoms with E-state index in [0.29, 0.717) is 6.54 Å². The van der Waals surface area contributed by atoms with Gasteiger partial charge < -0.3 is 10.2 Å². The predicted molar refractivity (Wildman–Crippen MR) is 98.2 cm³/mol. The van der Waals surface area contributed by atoms with Gasteiger partial charge in [-0.3, -0.25) is 4.79 Å². The molecule has 1 aromatic heterocycles. The Morgan fingerprint density at radius 3 is 2.77 bits per heavy atom. The first kappa shape index (κ1) is 17.6. The van der Waals surface area contributed by atoms with Gasteiger partial charge in [-0.2, -0.15) is 11.3 Å². The van der Waals surface area contributed by atoms with Gasteiger partial charge in [0.15, 0.2) is 0 Å². The van der Waals surface area contributed by atoms with Crippen LogP contribution in [0.1, 0.15) is 40.7 Å². The van der Waals surface area contributed by atoms with Crippen LogP contribution in [0.5, 0.6) is 0 Å². The molecule has 2 heterocycles. The molecule has 1 N–H and O–H groups in total. The summed E-state index contributed by atoms with van der Waals surface area (Å²) in [6, 6.07) is 4.28. The van der Waals surface area contributed by atoms with E-state index in [-0.39, 0.29) is 28.5 Å². The van der Waals surface area contributed by atoms with Crippen LogP contribution in [0.2, 0.25) is 0 Å². The molecule has 1 saturated carbocycles. The molecule has 1 unspecified atom stereocenters. The maximum absolute atomic E-state index is 14.3. The topological polar surface area (TPSA) is 32.3 Å². The molecule has 0 bridgehead atoms. The molecular weight excluding hydrogens is 354 g/mol. The molecule has 6 heteroatoms. The van der Waals surface area contributed by atoms with Crippen LogP contribution in [0, 0.1) is 24.0 Å². The van der Waals surface area contributed by atoms with Crippen molar-refractivity contribution in [3.8, 4) is 0 Å². The third-order valence-corrected chi connectivity index (χ3v) is 6.53. The Labute approximate surface area is 156 Å². The first-order chi connectivity index (χ1) is 12.5. The van der Waals surface area contributed by atoms with Crippen molar-refractivity contribution in [1.29, 1.82) is 0 Å². The lowest BCUT2D eigenvalue weighted by molar-refractivity contribution is 0.0687. The molecule has 1 aromatic carbocycles. The van der Waals surface area contributed by atoms with E-state index >= 15 is 0 Å². The Bertz CT molecular complexity index is 815. The number of carbonyl (C=O) groups is 1. The second-order valence-corrected chi connectivity index (χ2v) is 8.26. The number of benzene rings is 1. The van der Waals surface area contributed by atoms with Crippen LogP contribution in [0.15, 0.2) is 29.0 Å². The molecular formula is C20H22F2N2OS. The summed E-state index contributed by atoms with van der Waals surface area (Å²) < 4.78 is 28.0. The van der Waals surface area contributed by atoms with E-state index in [2.05, 4.69) is 5.32 Å². The van der Waals surface area contributed by atoms with Crippen molar-refractivity contribution in [3.05, 3.63) is 57.3 Å². The molecule has 1 amide bonds. The fourth-order valence-corrected chi connectivity index (χ4v) is 4.77. The Hall–Kier alpha value is -1.79. The molecule has 3 nitrogen and oxygen atoms in total. The van der Waals surface area contributed by atoms with E-state index in [4.69, 9.17) is 0 Å². The van der Waals surface area contributed by atoms with Crippen LogP contribution < -0.4 is 5.32 Å². The number of nitrogens with zero attached hydrogens (tertiary/aromatic N) is 1. The van der Waals surface area contributed by atoms with Crippen LogP contribution in [0.4, 0.5) is 8.78 Å². The number of aryl methyl sites for hydroxylation is 1. The Morgan fingerprint density at radius 2 is 2.08 bits per heavy atom. The molecule has 1 aliphatic carbocycles. The molecule has 26 heavy (non-hydrogen) atoms. The number of halogens is 2. The number of nitrogens with one attached hydrogen (secondary N) is 1. The lowest BCUT2D eigenvalue weighted by Gasteiger charge is -2.30. The molecule has 2 aromatic rings. The van der Waals surface area contributed by atoms with Crippen molar-refractivity contribution in [1.82, 2.24) is 10.2 Å². The largest absolute Gasteiger partial charge is 0.331 e. The summed E-state index contributed by atoms with van der Waals surface area (Å²) >= 11 is 1.58. The van der Waals surface area contributed by atoms with Crippen molar-refractivity contribution >= 4 is 17.2 Å². The van der Waals surface area contributed by atoms with Gasteiger partial charge in [0.1, 0.15) is 11.6 Å². The number of rotatable bonds is 4. The third kappa shape index (κ3) is 3.16. The van der Waals surface area contributed by atoms with E-state index in [1.165, 1.54) is 6.07 Å². The maximum atomic E-state index is 14.3. The average Bonchev–Trinajstić information content (AvgIpc) is 3.06. The smallest absolute Gasteiger partial charge is 0.257 e. The molecule has 0 radical (unpaired) electrons. The van der Waals surface area contributed by atoms with Crippen molar-refractivity contribution < 1.29 is 13.6 Å². The summed E-state index contributed by atoms with van der Waals surface area (Å²) in [6.07, 6.45) is 3.04. The summed E-state index contributed by atoms with van der Waals surface area (Å²) in [5, 5.41) is 7.36. The fourth-order valence-electron chi connectivity index (χ4n) is 4.11. The van der Waals surface area contributed by atoms with Crippen molar-refractivity contribution in [2.45, 2.75) is 38.8 Å². The van der Waals surface area contributed by atoms with E-state index in [1.807, 2.05) is 21.7 Å². The molecule has 4 rings (SSSR count). The summed E-state index contributed by atoms with van der Waals surface area (Å²) in [6.45, 7) is 3.94. The van der Waals surface area contributed by atoms with Crippen LogP contribution >= 0.6 is 11.3 Å². The van der Waals surface area contributed by atoms with Crippen LogP contribution in [0.3, 0.4) is 0 Å². The summed E-state index contributed by atoms with van der Waals surface area (Å²) in [4.78, 5) is 15.0. The molecule has 1 atom stereocenters. The maximum Gasteiger partial charge on any atom is 0.257 e. The van der Waals surface area contributed by atoms with Gasteiger partial charge in [-0.25, -0.2) is 8.78 Å². The van der Waals surface area contributed by atoms with Gasteiger partial charge in [0.2, 0.25) is 0 Å². The zero-order valence-corrected chi connectivity index (χ0v) is 15.5. The minimum absolute atomic E-state index is 0.0323. The normalized spacial score (nSPS) is 21.0. The van der Waals surface area contributed by atoms with Crippen LogP contribution in [-0.2, 0) is 6.54 Å². The monoisotopic (exact) mass is 376 g/mol. The number of amides is 1. The zero-order chi connectivity index (χ0) is 18.3. The third-order valence-electron chi connectivity index (χ3n) is 5.79. The van der Waals surface area contributed by atoms with Gasteiger partial charge in [0.25, 0.3) is 5.91 Å². The number of piperidine rings is 1. The molecule has 1 saturated heterocycles. The highest BCUT2D eigenvalue weighted by molar-refractivity contribution is 7.07. The number of hydrogen-bond donors (Lipinski definition) is 1. The van der Waals surface area contributed by atoms with Crippen molar-refractivity contribution in [2.75, 3.05) is 13.1 Å². The Kier molecular flexibility index (Phi) is 4.57. The van der Waals surface area contributed by atoms with E-state index < -0.39 is 11.6 Å². The number of hydrogen-bond acceptors (Lipinski definition) is 3. The zero-order valence-electron chi connectivity index (χ0n) is 14.7. The number of carbonyl (C=O) groups excluding carboxylic acids is 1. The summed E-state index contributed by atoms with van der Waals surface area (Å²) in [5.41, 5.74) is 1.47. The van der Waals surface area contributed by atoms with E-state index in [0.717, 1.165) is 44.0 Å². The van der Waals surface area contributed by atoms with Gasteiger partial charge in [-0.05, 0) is 78.7 Å². The minimum Gasteiger partial charge on any atom is -0.331 e.